The number of anilines is 1. The Hall–Kier alpha value is -2.13. The Balaban J connectivity index is 2.53. The van der Waals surface area contributed by atoms with Gasteiger partial charge in [0.15, 0.2) is 0 Å². The van der Waals surface area contributed by atoms with Gasteiger partial charge in [0, 0.05) is 11.3 Å². The standard InChI is InChI=1S/C16H18N2O/c1-11-6-5-7-12(2)16(11)13-8-3-4-9-14(13)18-15(19)10-17/h3-9H,10,17H2,1-2H3,(H,18,19). The Morgan fingerprint density at radius 2 is 1.68 bits per heavy atom. The highest BCUT2D eigenvalue weighted by Gasteiger charge is 2.11. The minimum absolute atomic E-state index is 0.0128. The molecule has 1 amide bonds. The van der Waals surface area contributed by atoms with Crippen LogP contribution in [0.5, 0.6) is 0 Å². The minimum Gasteiger partial charge on any atom is -0.324 e. The van der Waals surface area contributed by atoms with Crippen molar-refractivity contribution in [3.05, 3.63) is 53.6 Å². The van der Waals surface area contributed by atoms with Gasteiger partial charge in [-0.3, -0.25) is 4.79 Å². The Labute approximate surface area is 113 Å². The quantitative estimate of drug-likeness (QED) is 0.885. The fraction of sp³-hybridized carbons (Fsp3) is 0.188. The van der Waals surface area contributed by atoms with E-state index in [1.54, 1.807) is 0 Å². The summed E-state index contributed by atoms with van der Waals surface area (Å²) in [6, 6.07) is 14.0. The van der Waals surface area contributed by atoms with Crippen LogP contribution in [0.4, 0.5) is 5.69 Å². The minimum atomic E-state index is -0.182. The van der Waals surface area contributed by atoms with E-state index in [9.17, 15) is 4.79 Å². The van der Waals surface area contributed by atoms with Gasteiger partial charge in [-0.1, -0.05) is 36.4 Å². The lowest BCUT2D eigenvalue weighted by molar-refractivity contribution is -0.114. The highest BCUT2D eigenvalue weighted by Crippen LogP contribution is 2.32. The third-order valence-corrected chi connectivity index (χ3v) is 3.14. The topological polar surface area (TPSA) is 55.1 Å². The van der Waals surface area contributed by atoms with Gasteiger partial charge in [-0.25, -0.2) is 0 Å². The second-order valence-electron chi connectivity index (χ2n) is 4.56. The average molecular weight is 254 g/mol. The van der Waals surface area contributed by atoms with Gasteiger partial charge in [0.1, 0.15) is 0 Å². The van der Waals surface area contributed by atoms with E-state index in [4.69, 9.17) is 5.73 Å². The van der Waals surface area contributed by atoms with Gasteiger partial charge in [0.25, 0.3) is 0 Å². The van der Waals surface area contributed by atoms with Gasteiger partial charge in [-0.15, -0.1) is 0 Å². The van der Waals surface area contributed by atoms with Crippen molar-refractivity contribution in [2.75, 3.05) is 11.9 Å². The molecule has 19 heavy (non-hydrogen) atoms. The summed E-state index contributed by atoms with van der Waals surface area (Å²) in [4.78, 5) is 11.5. The number of amides is 1. The van der Waals surface area contributed by atoms with Crippen LogP contribution in [0.2, 0.25) is 0 Å². The normalized spacial score (nSPS) is 10.3. The number of benzene rings is 2. The largest absolute Gasteiger partial charge is 0.324 e. The maximum Gasteiger partial charge on any atom is 0.238 e. The zero-order chi connectivity index (χ0) is 13.8. The van der Waals surface area contributed by atoms with E-state index < -0.39 is 0 Å². The van der Waals surface area contributed by atoms with E-state index in [0.29, 0.717) is 0 Å². The monoisotopic (exact) mass is 254 g/mol. The number of nitrogens with one attached hydrogen (secondary N) is 1. The number of carbonyl (C=O) groups excluding carboxylic acids is 1. The fourth-order valence-electron chi connectivity index (χ4n) is 2.25. The van der Waals surface area contributed by atoms with Crippen LogP contribution in [0.25, 0.3) is 11.1 Å². The molecule has 0 heterocycles. The molecule has 0 atom stereocenters. The Bertz CT molecular complexity index is 585. The first-order chi connectivity index (χ1) is 9.13. The Morgan fingerprint density at radius 3 is 2.32 bits per heavy atom. The summed E-state index contributed by atoms with van der Waals surface area (Å²) >= 11 is 0. The maximum atomic E-state index is 11.5. The van der Waals surface area contributed by atoms with E-state index in [2.05, 4.69) is 31.3 Å². The van der Waals surface area contributed by atoms with Crippen molar-refractivity contribution in [2.24, 2.45) is 5.73 Å². The van der Waals surface area contributed by atoms with Crippen LogP contribution in [0.1, 0.15) is 11.1 Å². The zero-order valence-corrected chi connectivity index (χ0v) is 11.2. The molecule has 0 radical (unpaired) electrons. The lowest BCUT2D eigenvalue weighted by Crippen LogP contribution is -2.22. The number of nitrogens with two attached hydrogens (primary N) is 1. The highest BCUT2D eigenvalue weighted by molar-refractivity contribution is 5.97. The van der Waals surface area contributed by atoms with E-state index in [1.165, 1.54) is 11.1 Å². The third kappa shape index (κ3) is 2.83. The summed E-state index contributed by atoms with van der Waals surface area (Å²) in [7, 11) is 0. The molecule has 98 valence electrons. The van der Waals surface area contributed by atoms with Gasteiger partial charge in [-0.05, 0) is 36.6 Å². The van der Waals surface area contributed by atoms with Crippen LogP contribution in [-0.2, 0) is 4.79 Å². The molecule has 0 aliphatic carbocycles. The van der Waals surface area contributed by atoms with Crippen molar-refractivity contribution in [2.45, 2.75) is 13.8 Å². The summed E-state index contributed by atoms with van der Waals surface area (Å²) in [5, 5.41) is 2.85. The van der Waals surface area contributed by atoms with E-state index in [1.807, 2.05) is 30.3 Å². The Kier molecular flexibility index (Phi) is 3.97. The molecule has 0 unspecified atom stereocenters. The third-order valence-electron chi connectivity index (χ3n) is 3.14. The first-order valence-electron chi connectivity index (χ1n) is 6.29. The second-order valence-corrected chi connectivity index (χ2v) is 4.56. The molecule has 0 spiro atoms. The second kappa shape index (κ2) is 5.67. The first kappa shape index (κ1) is 13.3. The molecule has 2 aromatic rings. The SMILES string of the molecule is Cc1cccc(C)c1-c1ccccc1NC(=O)CN. The molecule has 0 aliphatic heterocycles. The summed E-state index contributed by atoms with van der Waals surface area (Å²) < 4.78 is 0. The summed E-state index contributed by atoms with van der Waals surface area (Å²) in [5.41, 5.74) is 10.7. The zero-order valence-electron chi connectivity index (χ0n) is 11.2. The van der Waals surface area contributed by atoms with Gasteiger partial charge < -0.3 is 11.1 Å². The van der Waals surface area contributed by atoms with Gasteiger partial charge >= 0.3 is 0 Å². The molecule has 0 fully saturated rings. The predicted octanol–water partition coefficient (Wildman–Crippen LogP) is 2.87. The average Bonchev–Trinajstić information content (AvgIpc) is 2.40. The van der Waals surface area contributed by atoms with E-state index >= 15 is 0 Å². The van der Waals surface area contributed by atoms with Crippen molar-refractivity contribution < 1.29 is 4.79 Å². The molecule has 0 bridgehead atoms. The number of carbonyl (C=O) groups is 1. The van der Waals surface area contributed by atoms with E-state index in [0.717, 1.165) is 16.8 Å². The smallest absolute Gasteiger partial charge is 0.238 e. The number of rotatable bonds is 3. The number of para-hydroxylation sites is 1. The van der Waals surface area contributed by atoms with E-state index in [-0.39, 0.29) is 12.5 Å². The van der Waals surface area contributed by atoms with Crippen molar-refractivity contribution >= 4 is 11.6 Å². The van der Waals surface area contributed by atoms with Gasteiger partial charge in [0.05, 0.1) is 6.54 Å². The van der Waals surface area contributed by atoms with Gasteiger partial charge in [-0.2, -0.15) is 0 Å². The van der Waals surface area contributed by atoms with Crippen molar-refractivity contribution in [1.82, 2.24) is 0 Å². The molecule has 0 saturated carbocycles. The molecule has 0 aromatic heterocycles. The molecule has 2 rings (SSSR count). The lowest BCUT2D eigenvalue weighted by atomic mass is 9.94. The fourth-order valence-corrected chi connectivity index (χ4v) is 2.25. The predicted molar refractivity (Wildman–Crippen MR) is 79.0 cm³/mol. The molecule has 3 heteroatoms. The highest BCUT2D eigenvalue weighted by atomic mass is 16.1. The first-order valence-corrected chi connectivity index (χ1v) is 6.29. The van der Waals surface area contributed by atoms with Crippen LogP contribution < -0.4 is 11.1 Å². The number of hydrogen-bond donors (Lipinski definition) is 2. The van der Waals surface area contributed by atoms with Crippen LogP contribution in [0.3, 0.4) is 0 Å². The molecule has 0 saturated heterocycles. The van der Waals surface area contributed by atoms with Crippen molar-refractivity contribution in [1.29, 1.82) is 0 Å². The summed E-state index contributed by atoms with van der Waals surface area (Å²) in [6.45, 7) is 4.13. The summed E-state index contributed by atoms with van der Waals surface area (Å²) in [5.74, 6) is -0.182. The lowest BCUT2D eigenvalue weighted by Gasteiger charge is -2.15. The van der Waals surface area contributed by atoms with Crippen LogP contribution >= 0.6 is 0 Å². The summed E-state index contributed by atoms with van der Waals surface area (Å²) in [6.07, 6.45) is 0. The maximum absolute atomic E-state index is 11.5. The molecule has 0 aliphatic rings. The van der Waals surface area contributed by atoms with Gasteiger partial charge in [0.2, 0.25) is 5.91 Å². The number of aryl methyl sites for hydroxylation is 2. The van der Waals surface area contributed by atoms with Crippen LogP contribution in [-0.4, -0.2) is 12.5 Å². The molecule has 2 aromatic carbocycles. The van der Waals surface area contributed by atoms with Crippen LogP contribution in [0, 0.1) is 13.8 Å². The molecular weight excluding hydrogens is 236 g/mol. The number of hydrogen-bond acceptors (Lipinski definition) is 2. The molecule has 3 N–H and O–H groups in total. The van der Waals surface area contributed by atoms with Crippen molar-refractivity contribution in [3.8, 4) is 11.1 Å². The molecule has 3 nitrogen and oxygen atoms in total. The van der Waals surface area contributed by atoms with Crippen molar-refractivity contribution in [3.63, 3.8) is 0 Å². The van der Waals surface area contributed by atoms with Crippen LogP contribution in [0.15, 0.2) is 42.5 Å². The molecular formula is C16H18N2O. The Morgan fingerprint density at radius 1 is 1.05 bits per heavy atom.